The minimum atomic E-state index is -0.257. The van der Waals surface area contributed by atoms with Crippen LogP contribution in [0.15, 0.2) is 30.1 Å². The molecule has 3 N–H and O–H groups in total. The molecule has 0 spiro atoms. The molecule has 3 heterocycles. The number of nitrogens with zero attached hydrogens (tertiary/aromatic N) is 2. The van der Waals surface area contributed by atoms with E-state index in [4.69, 9.17) is 11.6 Å². The number of pyridine rings is 1. The Morgan fingerprint density at radius 3 is 2.65 bits per heavy atom. The second-order valence-electron chi connectivity index (χ2n) is 9.82. The number of nitrogens with one attached hydrogen (secondary N) is 3. The van der Waals surface area contributed by atoms with Gasteiger partial charge in [-0.25, -0.2) is 4.98 Å². The molecule has 0 aromatic carbocycles. The van der Waals surface area contributed by atoms with E-state index >= 15 is 0 Å². The average Bonchev–Trinajstić information content (AvgIpc) is 3.27. The monoisotopic (exact) mass is 483 g/mol. The predicted molar refractivity (Wildman–Crippen MR) is 131 cm³/mol. The van der Waals surface area contributed by atoms with Crippen LogP contribution < -0.4 is 16.0 Å². The van der Waals surface area contributed by atoms with E-state index in [0.717, 1.165) is 41.9 Å². The molecule has 8 nitrogen and oxygen atoms in total. The first-order valence-electron chi connectivity index (χ1n) is 11.5. The number of allylic oxidation sites excluding steroid dienone is 2. The smallest absolute Gasteiger partial charge is 0.267 e. The lowest BCUT2D eigenvalue weighted by molar-refractivity contribution is -0.121. The Hall–Kier alpha value is -3.13. The topological polar surface area (TPSA) is 105 Å². The maximum atomic E-state index is 13.0. The Kier molecular flexibility index (Phi) is 6.53. The zero-order chi connectivity index (χ0) is 24.6. The molecule has 2 aromatic heterocycles. The summed E-state index contributed by atoms with van der Waals surface area (Å²) in [7, 11) is 1.62. The average molecular weight is 484 g/mol. The summed E-state index contributed by atoms with van der Waals surface area (Å²) in [6.07, 6.45) is 6.20. The Morgan fingerprint density at radius 2 is 1.94 bits per heavy atom. The standard InChI is InChI=1S/C25H30ClN5O3/c1-14(32)29-16-7-5-6-15(8-16)23(33)30-22-10-17(19(26)12-28-22)18-9-20(24(34)27-4)31-13-25(2,3)11-21(18)31/h7,9-10,12,15H,5-6,8,11,13H2,1-4H3,(H,27,34)(H,29,32)(H,28,30,33)/t15-/m0/s1. The number of halogens is 1. The lowest BCUT2D eigenvalue weighted by Gasteiger charge is -2.22. The van der Waals surface area contributed by atoms with Crippen LogP contribution in [0.4, 0.5) is 5.82 Å². The van der Waals surface area contributed by atoms with E-state index in [2.05, 4.69) is 39.3 Å². The highest BCUT2D eigenvalue weighted by Crippen LogP contribution is 2.42. The Balaban J connectivity index is 1.61. The van der Waals surface area contributed by atoms with Crippen LogP contribution in [0.1, 0.15) is 56.2 Å². The molecule has 180 valence electrons. The van der Waals surface area contributed by atoms with Gasteiger partial charge in [0.15, 0.2) is 0 Å². The fourth-order valence-electron chi connectivity index (χ4n) is 4.85. The van der Waals surface area contributed by atoms with Gasteiger partial charge in [-0.15, -0.1) is 0 Å². The van der Waals surface area contributed by atoms with E-state index in [1.807, 2.05) is 12.1 Å². The zero-order valence-corrected chi connectivity index (χ0v) is 20.7. The van der Waals surface area contributed by atoms with Crippen LogP contribution in [0.25, 0.3) is 11.1 Å². The molecule has 0 unspecified atom stereocenters. The Bertz CT molecular complexity index is 1200. The van der Waals surface area contributed by atoms with E-state index in [0.29, 0.717) is 29.4 Å². The Labute approximate surface area is 204 Å². The SMILES string of the molecule is CNC(=O)c1cc(-c2cc(NC(=O)[C@H]3CCC=C(NC(C)=O)C3)ncc2Cl)c2n1CC(C)(C)C2. The van der Waals surface area contributed by atoms with E-state index in [1.54, 1.807) is 13.1 Å². The number of aromatic nitrogens is 2. The molecule has 1 atom stereocenters. The van der Waals surface area contributed by atoms with Crippen molar-refractivity contribution in [3.63, 3.8) is 0 Å². The molecule has 0 saturated carbocycles. The van der Waals surface area contributed by atoms with Crippen molar-refractivity contribution in [2.24, 2.45) is 11.3 Å². The minimum absolute atomic E-state index is 0.0186. The van der Waals surface area contributed by atoms with Gasteiger partial charge in [0.1, 0.15) is 11.5 Å². The lowest BCUT2D eigenvalue weighted by Crippen LogP contribution is -2.29. The first-order chi connectivity index (χ1) is 16.1. The third-order valence-corrected chi connectivity index (χ3v) is 6.68. The number of anilines is 1. The van der Waals surface area contributed by atoms with Gasteiger partial charge in [0.25, 0.3) is 5.91 Å². The molecule has 0 fully saturated rings. The summed E-state index contributed by atoms with van der Waals surface area (Å²) in [4.78, 5) is 41.2. The molecule has 1 aliphatic carbocycles. The van der Waals surface area contributed by atoms with Crippen molar-refractivity contribution in [3.8, 4) is 11.1 Å². The van der Waals surface area contributed by atoms with E-state index in [9.17, 15) is 14.4 Å². The number of carbonyl (C=O) groups is 3. The molecule has 9 heteroatoms. The van der Waals surface area contributed by atoms with Gasteiger partial charge in [0.05, 0.1) is 5.02 Å². The summed E-state index contributed by atoms with van der Waals surface area (Å²) in [6, 6.07) is 3.63. The number of fused-ring (bicyclic) bond motifs is 1. The van der Waals surface area contributed by atoms with Gasteiger partial charge in [0, 0.05) is 55.1 Å². The van der Waals surface area contributed by atoms with Crippen molar-refractivity contribution < 1.29 is 14.4 Å². The van der Waals surface area contributed by atoms with Crippen LogP contribution in [0, 0.1) is 11.3 Å². The van der Waals surface area contributed by atoms with E-state index in [-0.39, 0.29) is 29.1 Å². The lowest BCUT2D eigenvalue weighted by atomic mass is 9.89. The van der Waals surface area contributed by atoms with Gasteiger partial charge in [-0.1, -0.05) is 31.5 Å². The second-order valence-corrected chi connectivity index (χ2v) is 10.2. The molecule has 2 aliphatic rings. The van der Waals surface area contributed by atoms with Gasteiger partial charge >= 0.3 is 0 Å². The van der Waals surface area contributed by atoms with Crippen molar-refractivity contribution >= 4 is 35.1 Å². The largest absolute Gasteiger partial charge is 0.354 e. The molecule has 34 heavy (non-hydrogen) atoms. The van der Waals surface area contributed by atoms with Crippen molar-refractivity contribution in [1.82, 2.24) is 20.2 Å². The first-order valence-corrected chi connectivity index (χ1v) is 11.8. The number of amides is 3. The van der Waals surface area contributed by atoms with Gasteiger partial charge < -0.3 is 20.5 Å². The van der Waals surface area contributed by atoms with Crippen molar-refractivity contribution in [2.45, 2.75) is 53.0 Å². The Morgan fingerprint density at radius 1 is 1.18 bits per heavy atom. The highest BCUT2D eigenvalue weighted by molar-refractivity contribution is 6.33. The molecule has 3 amide bonds. The van der Waals surface area contributed by atoms with Crippen molar-refractivity contribution in [3.05, 3.63) is 46.5 Å². The van der Waals surface area contributed by atoms with Crippen LogP contribution in [-0.2, 0) is 22.6 Å². The summed E-state index contributed by atoms with van der Waals surface area (Å²) in [5.41, 5.74) is 4.04. The molecule has 1 aliphatic heterocycles. The van der Waals surface area contributed by atoms with Crippen LogP contribution in [0.5, 0.6) is 0 Å². The van der Waals surface area contributed by atoms with Crippen LogP contribution in [-0.4, -0.2) is 34.3 Å². The van der Waals surface area contributed by atoms with Crippen LogP contribution >= 0.6 is 11.6 Å². The third-order valence-electron chi connectivity index (χ3n) is 6.38. The van der Waals surface area contributed by atoms with Gasteiger partial charge in [-0.05, 0) is 43.2 Å². The summed E-state index contributed by atoms with van der Waals surface area (Å²) in [5.74, 6) is -0.295. The molecular weight excluding hydrogens is 454 g/mol. The number of rotatable bonds is 5. The molecule has 0 bridgehead atoms. The third kappa shape index (κ3) is 4.87. The molecule has 2 aromatic rings. The van der Waals surface area contributed by atoms with Gasteiger partial charge in [0.2, 0.25) is 11.8 Å². The first kappa shape index (κ1) is 24.0. The highest BCUT2D eigenvalue weighted by atomic mass is 35.5. The second kappa shape index (κ2) is 9.25. The van der Waals surface area contributed by atoms with Gasteiger partial charge in [-0.2, -0.15) is 0 Å². The summed E-state index contributed by atoms with van der Waals surface area (Å²) in [6.45, 7) is 6.54. The van der Waals surface area contributed by atoms with Crippen molar-refractivity contribution in [1.29, 1.82) is 0 Å². The maximum absolute atomic E-state index is 13.0. The fourth-order valence-corrected chi connectivity index (χ4v) is 5.06. The predicted octanol–water partition coefficient (Wildman–Crippen LogP) is 3.90. The number of hydrogen-bond donors (Lipinski definition) is 3. The van der Waals surface area contributed by atoms with E-state index in [1.165, 1.54) is 13.1 Å². The maximum Gasteiger partial charge on any atom is 0.267 e. The van der Waals surface area contributed by atoms with Gasteiger partial charge in [-0.3, -0.25) is 14.4 Å². The molecular formula is C25H30ClN5O3. The number of hydrogen-bond acceptors (Lipinski definition) is 4. The van der Waals surface area contributed by atoms with Crippen LogP contribution in [0.2, 0.25) is 5.02 Å². The summed E-state index contributed by atoms with van der Waals surface area (Å²) >= 11 is 6.55. The normalized spacial score (nSPS) is 18.6. The molecule has 0 radical (unpaired) electrons. The summed E-state index contributed by atoms with van der Waals surface area (Å²) < 4.78 is 2.06. The zero-order valence-electron chi connectivity index (χ0n) is 19.9. The fraction of sp³-hybridized carbons (Fsp3) is 0.440. The van der Waals surface area contributed by atoms with E-state index < -0.39 is 0 Å². The van der Waals surface area contributed by atoms with Crippen molar-refractivity contribution in [2.75, 3.05) is 12.4 Å². The highest BCUT2D eigenvalue weighted by Gasteiger charge is 2.35. The van der Waals surface area contributed by atoms with Crippen LogP contribution in [0.3, 0.4) is 0 Å². The minimum Gasteiger partial charge on any atom is -0.354 e. The quantitative estimate of drug-likeness (QED) is 0.599. The summed E-state index contributed by atoms with van der Waals surface area (Å²) in [5, 5.41) is 8.87. The number of carbonyl (C=O) groups excluding carboxylic acids is 3. The molecule has 4 rings (SSSR count). The molecule has 0 saturated heterocycles.